The van der Waals surface area contributed by atoms with Gasteiger partial charge in [0.15, 0.2) is 5.82 Å². The largest absolute Gasteiger partial charge is 0.453 e. The van der Waals surface area contributed by atoms with Crippen LogP contribution in [0.4, 0.5) is 13.2 Å². The van der Waals surface area contributed by atoms with Crippen LogP contribution in [0.5, 0.6) is 0 Å². The molecule has 1 heterocycles. The van der Waals surface area contributed by atoms with Crippen molar-refractivity contribution in [3.05, 3.63) is 72.6 Å². The highest BCUT2D eigenvalue weighted by Gasteiger charge is 2.37. The zero-order valence-electron chi connectivity index (χ0n) is 14.6. The molecule has 0 unspecified atom stereocenters. The lowest BCUT2D eigenvalue weighted by molar-refractivity contribution is -0.144. The van der Waals surface area contributed by atoms with Gasteiger partial charge in [-0.15, -0.1) is 5.10 Å². The van der Waals surface area contributed by atoms with Crippen LogP contribution in [0.3, 0.4) is 0 Å². The van der Waals surface area contributed by atoms with Crippen molar-refractivity contribution in [2.45, 2.75) is 11.1 Å². The lowest BCUT2D eigenvalue weighted by Gasteiger charge is -2.08. The number of nitrogens with two attached hydrogens (primary N) is 1. The summed E-state index contributed by atoms with van der Waals surface area (Å²) in [6.07, 6.45) is -4.74. The van der Waals surface area contributed by atoms with Gasteiger partial charge in [0.05, 0.1) is 10.6 Å². The molecule has 148 valence electrons. The van der Waals surface area contributed by atoms with Gasteiger partial charge < -0.3 is 0 Å². The number of fused-ring (bicyclic) bond motifs is 1. The molecule has 0 atom stereocenters. The molecule has 0 spiro atoms. The Morgan fingerprint density at radius 3 is 2.17 bits per heavy atom. The average molecular weight is 418 g/mol. The minimum absolute atomic E-state index is 0.0218. The first-order chi connectivity index (χ1) is 13.6. The maximum absolute atomic E-state index is 13.3. The lowest BCUT2D eigenvalue weighted by atomic mass is 10.1. The van der Waals surface area contributed by atoms with Gasteiger partial charge in [0.25, 0.3) is 5.82 Å². The lowest BCUT2D eigenvalue weighted by Crippen LogP contribution is -2.12. The van der Waals surface area contributed by atoms with E-state index in [1.165, 1.54) is 24.3 Å². The Bertz CT molecular complexity index is 1310. The summed E-state index contributed by atoms with van der Waals surface area (Å²) in [5, 5.41) is 10.4. The molecule has 1 aromatic heterocycles. The molecule has 0 radical (unpaired) electrons. The number of hydrogen-bond donors (Lipinski definition) is 1. The van der Waals surface area contributed by atoms with E-state index in [0.29, 0.717) is 5.56 Å². The normalized spacial score (nSPS) is 12.4. The molecule has 0 bridgehead atoms. The third-order valence-corrected chi connectivity index (χ3v) is 5.21. The smallest absolute Gasteiger partial charge is 0.225 e. The van der Waals surface area contributed by atoms with Crippen molar-refractivity contribution in [2.75, 3.05) is 0 Å². The van der Waals surface area contributed by atoms with Gasteiger partial charge >= 0.3 is 6.18 Å². The summed E-state index contributed by atoms with van der Waals surface area (Å²) in [6.45, 7) is 0. The zero-order valence-corrected chi connectivity index (χ0v) is 15.4. The maximum atomic E-state index is 13.3. The highest BCUT2D eigenvalue weighted by atomic mass is 32.2. The van der Waals surface area contributed by atoms with Gasteiger partial charge in [0.2, 0.25) is 10.0 Å². The Hall–Kier alpha value is -3.24. The average Bonchev–Trinajstić information content (AvgIpc) is 3.13. The standard InChI is InChI=1S/C19H13F3N4O2S/c20-19(21,22)18-24-17(14-6-5-12-3-1-2-4-13(12)11-14)26(25-18)15-7-9-16(10-8-15)29(23,27)28/h1-11H,(H2,23,27,28). The molecule has 4 rings (SSSR count). The van der Waals surface area contributed by atoms with E-state index in [1.54, 1.807) is 18.2 Å². The molecule has 0 saturated heterocycles. The van der Waals surface area contributed by atoms with Crippen LogP contribution in [0.15, 0.2) is 71.6 Å². The van der Waals surface area contributed by atoms with E-state index >= 15 is 0 Å². The molecule has 10 heteroatoms. The van der Waals surface area contributed by atoms with Gasteiger partial charge in [0, 0.05) is 5.56 Å². The molecule has 0 aliphatic rings. The Morgan fingerprint density at radius 2 is 1.55 bits per heavy atom. The number of rotatable bonds is 3. The molecular weight excluding hydrogens is 405 g/mol. The van der Waals surface area contributed by atoms with Gasteiger partial charge in [-0.25, -0.2) is 23.2 Å². The van der Waals surface area contributed by atoms with E-state index < -0.39 is 22.0 Å². The predicted octanol–water partition coefficient (Wildman–Crippen LogP) is 3.75. The Labute approximate surface area is 163 Å². The summed E-state index contributed by atoms with van der Waals surface area (Å²) in [6, 6.07) is 17.6. The van der Waals surface area contributed by atoms with Crippen LogP contribution in [0, 0.1) is 0 Å². The monoisotopic (exact) mass is 418 g/mol. The molecule has 0 fully saturated rings. The Balaban J connectivity index is 1.90. The van der Waals surface area contributed by atoms with Gasteiger partial charge in [-0.05, 0) is 41.1 Å². The first kappa shape index (κ1) is 19.1. The molecule has 0 aliphatic carbocycles. The van der Waals surface area contributed by atoms with E-state index in [2.05, 4.69) is 10.1 Å². The second-order valence-electron chi connectivity index (χ2n) is 6.27. The van der Waals surface area contributed by atoms with Crippen molar-refractivity contribution in [1.82, 2.24) is 14.8 Å². The fourth-order valence-electron chi connectivity index (χ4n) is 2.90. The van der Waals surface area contributed by atoms with E-state index in [1.807, 2.05) is 24.3 Å². The molecule has 0 amide bonds. The molecule has 3 aromatic carbocycles. The fraction of sp³-hybridized carbons (Fsp3) is 0.0526. The van der Waals surface area contributed by atoms with Crippen LogP contribution < -0.4 is 5.14 Å². The van der Waals surface area contributed by atoms with E-state index in [4.69, 9.17) is 5.14 Å². The van der Waals surface area contributed by atoms with Crippen LogP contribution in [0.2, 0.25) is 0 Å². The Morgan fingerprint density at radius 1 is 0.897 bits per heavy atom. The number of primary sulfonamides is 1. The van der Waals surface area contributed by atoms with Crippen molar-refractivity contribution >= 4 is 20.8 Å². The van der Waals surface area contributed by atoms with Crippen LogP contribution in [0.25, 0.3) is 27.8 Å². The summed E-state index contributed by atoms with van der Waals surface area (Å²) in [7, 11) is -3.93. The van der Waals surface area contributed by atoms with Crippen molar-refractivity contribution in [3.63, 3.8) is 0 Å². The molecule has 6 nitrogen and oxygen atoms in total. The van der Waals surface area contributed by atoms with Gasteiger partial charge in [-0.1, -0.05) is 36.4 Å². The van der Waals surface area contributed by atoms with Gasteiger partial charge in [0.1, 0.15) is 0 Å². The second kappa shape index (κ2) is 6.68. The number of aromatic nitrogens is 3. The fourth-order valence-corrected chi connectivity index (χ4v) is 3.42. The molecule has 2 N–H and O–H groups in total. The van der Waals surface area contributed by atoms with Gasteiger partial charge in [-0.2, -0.15) is 13.2 Å². The minimum atomic E-state index is -4.74. The maximum Gasteiger partial charge on any atom is 0.453 e. The number of halogens is 3. The molecule has 0 saturated carbocycles. The van der Waals surface area contributed by atoms with Crippen molar-refractivity contribution in [3.8, 4) is 17.1 Å². The molecule has 0 aliphatic heterocycles. The molecule has 4 aromatic rings. The number of alkyl halides is 3. The molecule has 29 heavy (non-hydrogen) atoms. The summed E-state index contributed by atoms with van der Waals surface area (Å²) in [5.74, 6) is -1.32. The zero-order chi connectivity index (χ0) is 20.8. The van der Waals surface area contributed by atoms with Gasteiger partial charge in [-0.3, -0.25) is 0 Å². The third-order valence-electron chi connectivity index (χ3n) is 4.28. The number of benzene rings is 3. The van der Waals surface area contributed by atoms with Crippen LogP contribution in [-0.2, 0) is 16.2 Å². The van der Waals surface area contributed by atoms with Crippen LogP contribution >= 0.6 is 0 Å². The number of sulfonamides is 1. The molecular formula is C19H13F3N4O2S. The topological polar surface area (TPSA) is 90.9 Å². The van der Waals surface area contributed by atoms with E-state index in [9.17, 15) is 21.6 Å². The quantitative estimate of drug-likeness (QED) is 0.549. The summed E-state index contributed by atoms with van der Waals surface area (Å²) in [5.41, 5.74) is 0.644. The first-order valence-corrected chi connectivity index (χ1v) is 9.84. The SMILES string of the molecule is NS(=O)(=O)c1ccc(-n2nc(C(F)(F)F)nc2-c2ccc3ccccc3c2)cc1. The highest BCUT2D eigenvalue weighted by molar-refractivity contribution is 7.89. The first-order valence-electron chi connectivity index (χ1n) is 8.29. The number of hydrogen-bond acceptors (Lipinski definition) is 4. The summed E-state index contributed by atoms with van der Waals surface area (Å²) < 4.78 is 63.6. The third kappa shape index (κ3) is 3.71. The predicted molar refractivity (Wildman–Crippen MR) is 101 cm³/mol. The Kier molecular flexibility index (Phi) is 4.39. The van der Waals surface area contributed by atoms with Crippen LogP contribution in [-0.4, -0.2) is 23.2 Å². The minimum Gasteiger partial charge on any atom is -0.225 e. The second-order valence-corrected chi connectivity index (χ2v) is 7.83. The van der Waals surface area contributed by atoms with E-state index in [0.717, 1.165) is 15.5 Å². The van der Waals surface area contributed by atoms with Crippen molar-refractivity contribution < 1.29 is 21.6 Å². The summed E-state index contributed by atoms with van der Waals surface area (Å²) in [4.78, 5) is 3.53. The number of nitrogens with zero attached hydrogens (tertiary/aromatic N) is 3. The van der Waals surface area contributed by atoms with Crippen LogP contribution in [0.1, 0.15) is 5.82 Å². The highest BCUT2D eigenvalue weighted by Crippen LogP contribution is 2.31. The van der Waals surface area contributed by atoms with Crippen molar-refractivity contribution in [1.29, 1.82) is 0 Å². The van der Waals surface area contributed by atoms with Crippen molar-refractivity contribution in [2.24, 2.45) is 5.14 Å². The van der Waals surface area contributed by atoms with E-state index in [-0.39, 0.29) is 16.4 Å². The summed E-state index contributed by atoms with van der Waals surface area (Å²) >= 11 is 0.